The van der Waals surface area contributed by atoms with E-state index < -0.39 is 0 Å². The summed E-state index contributed by atoms with van der Waals surface area (Å²) >= 11 is 0. The average molecular weight is 1490 g/mol. The minimum absolute atomic E-state index is 0.00169. The summed E-state index contributed by atoms with van der Waals surface area (Å²) in [4.78, 5) is 167. The number of amides is 2. The van der Waals surface area contributed by atoms with Crippen molar-refractivity contribution in [2.75, 3.05) is 52.4 Å². The molecular weight excluding hydrogens is 1330 g/mol. The van der Waals surface area contributed by atoms with Gasteiger partial charge in [-0.2, -0.15) is 0 Å². The number of rotatable bonds is 77. The minimum atomic E-state index is -0.285. The van der Waals surface area contributed by atoms with Gasteiger partial charge in [0.25, 0.3) is 0 Å². The molecule has 0 aromatic heterocycles. The van der Waals surface area contributed by atoms with Crippen LogP contribution < -0.4 is 45.0 Å². The van der Waals surface area contributed by atoms with Crippen molar-refractivity contribution in [2.45, 2.75) is 374 Å². The molecule has 0 saturated carbocycles. The van der Waals surface area contributed by atoms with Crippen LogP contribution >= 0.6 is 0 Å². The molecule has 0 aliphatic heterocycles. The number of unbranched alkanes of at least 4 members (excludes halogenated alkanes) is 23. The maximum absolute atomic E-state index is 13.0. The Labute approximate surface area is 634 Å². The van der Waals surface area contributed by atoms with E-state index in [0.717, 1.165) is 225 Å². The number of hydrogen-bond acceptors (Lipinski definition) is 20. The average Bonchev–Trinajstić information content (AvgIpc) is 0.961. The van der Waals surface area contributed by atoms with Crippen LogP contribution in [0.3, 0.4) is 0 Å². The first-order chi connectivity index (χ1) is 50.6. The molecule has 0 aliphatic rings. The highest BCUT2D eigenvalue weighted by Gasteiger charge is 2.24. The minimum Gasteiger partial charge on any atom is -0.356 e. The lowest BCUT2D eigenvalue weighted by Gasteiger charge is -2.16. The highest BCUT2D eigenvalue weighted by Crippen LogP contribution is 2.24. The number of carbonyl (C=O) groups is 14. The van der Waals surface area contributed by atoms with Gasteiger partial charge in [0, 0.05) is 153 Å². The van der Waals surface area contributed by atoms with E-state index >= 15 is 0 Å². The molecule has 3 unspecified atom stereocenters. The first-order valence-corrected chi connectivity index (χ1v) is 41.6. The lowest BCUT2D eigenvalue weighted by molar-refractivity contribution is -0.128. The van der Waals surface area contributed by atoms with Gasteiger partial charge in [0.2, 0.25) is 11.8 Å². The summed E-state index contributed by atoms with van der Waals surface area (Å²) in [6, 6.07) is 0. The van der Waals surface area contributed by atoms with Crippen molar-refractivity contribution in [1.82, 2.24) is 10.6 Å². The van der Waals surface area contributed by atoms with E-state index in [1.165, 1.54) is 0 Å². The third-order valence-electron chi connectivity index (χ3n) is 19.4. The molecule has 22 nitrogen and oxygen atoms in total. The zero-order chi connectivity index (χ0) is 78.8. The van der Waals surface area contributed by atoms with Crippen LogP contribution in [0.25, 0.3) is 0 Å². The molecule has 14 N–H and O–H groups in total. The molecule has 0 fully saturated rings. The molecule has 608 valence electrons. The van der Waals surface area contributed by atoms with Crippen molar-refractivity contribution < 1.29 is 67.1 Å². The van der Waals surface area contributed by atoms with Crippen LogP contribution in [0, 0.1) is 17.8 Å². The molecule has 0 heterocycles. The Morgan fingerprint density at radius 1 is 0.219 bits per heavy atom. The SMILES string of the molecule is CCC(=O)CCCCCCC(=O)C(CCCCN)CC(=O)CCCCCCC(=O)CN.CCC(=O)CCCCCCC(=O)C(CCCCN)CC(=O)CCCCCCC(=O)CN.CCC(=O)CCCCCCC(=O)C(CCCCNC(=O)CCCCCNC(=O)CN)CC(=O)CCCCCCC(=O)CN. The summed E-state index contributed by atoms with van der Waals surface area (Å²) in [5.41, 5.74) is 32.3. The van der Waals surface area contributed by atoms with Crippen LogP contribution in [0.5, 0.6) is 0 Å². The van der Waals surface area contributed by atoms with E-state index in [2.05, 4.69) is 10.6 Å². The quantitative estimate of drug-likeness (QED) is 0.0262. The Kier molecular flexibility index (Phi) is 76.1. The fourth-order valence-corrected chi connectivity index (χ4v) is 12.4. The number of nitrogens with two attached hydrogens (primary N) is 6. The summed E-state index contributed by atoms with van der Waals surface area (Å²) in [7, 11) is 0. The van der Waals surface area contributed by atoms with Crippen molar-refractivity contribution in [3.05, 3.63) is 0 Å². The molecule has 0 aliphatic carbocycles. The summed E-state index contributed by atoms with van der Waals surface area (Å²) in [5, 5.41) is 5.65. The molecule has 2 amide bonds. The number of ketones is 12. The lowest BCUT2D eigenvalue weighted by Crippen LogP contribution is -2.30. The van der Waals surface area contributed by atoms with Crippen molar-refractivity contribution in [2.24, 2.45) is 52.2 Å². The van der Waals surface area contributed by atoms with Crippen LogP contribution in [-0.2, 0) is 67.1 Å². The van der Waals surface area contributed by atoms with Crippen molar-refractivity contribution in [1.29, 1.82) is 0 Å². The van der Waals surface area contributed by atoms with Crippen molar-refractivity contribution in [3.63, 3.8) is 0 Å². The molecule has 0 aromatic carbocycles. The topological polar surface area (TPSA) is 419 Å². The van der Waals surface area contributed by atoms with Gasteiger partial charge in [-0.1, -0.05) is 124 Å². The van der Waals surface area contributed by atoms with Gasteiger partial charge in [-0.3, -0.25) is 67.1 Å². The van der Waals surface area contributed by atoms with Gasteiger partial charge in [-0.05, 0) is 142 Å². The van der Waals surface area contributed by atoms with Gasteiger partial charge in [-0.25, -0.2) is 0 Å². The van der Waals surface area contributed by atoms with E-state index in [-0.39, 0.29) is 120 Å². The second-order valence-electron chi connectivity index (χ2n) is 28.9. The monoisotopic (exact) mass is 1490 g/mol. The second-order valence-corrected chi connectivity index (χ2v) is 28.9. The Morgan fingerprint density at radius 3 is 0.695 bits per heavy atom. The number of carbonyl (C=O) groups excluding carboxylic acids is 14. The Bertz CT molecular complexity index is 2260. The largest absolute Gasteiger partial charge is 0.356 e. The van der Waals surface area contributed by atoms with E-state index in [4.69, 9.17) is 34.4 Å². The van der Waals surface area contributed by atoms with Gasteiger partial charge in [0.15, 0.2) is 0 Å². The number of hydrogen-bond donors (Lipinski definition) is 8. The fourth-order valence-electron chi connectivity index (χ4n) is 12.4. The number of Topliss-reactive ketones (excluding diaryl/α,β-unsaturated/α-hetero) is 12. The highest BCUT2D eigenvalue weighted by atomic mass is 16.2. The first kappa shape index (κ1) is 104. The maximum Gasteiger partial charge on any atom is 0.233 e. The molecule has 0 saturated heterocycles. The molecule has 0 rings (SSSR count). The summed E-state index contributed by atoms with van der Waals surface area (Å²) in [6.07, 6.45) is 40.4. The van der Waals surface area contributed by atoms with Crippen LogP contribution in [0.2, 0.25) is 0 Å². The molecule has 0 spiro atoms. The van der Waals surface area contributed by atoms with Crippen molar-refractivity contribution >= 4 is 81.2 Å². The van der Waals surface area contributed by atoms with E-state index in [1.54, 1.807) is 0 Å². The Morgan fingerprint density at radius 2 is 0.438 bits per heavy atom. The molecule has 0 bridgehead atoms. The van der Waals surface area contributed by atoms with Gasteiger partial charge in [0.05, 0.1) is 26.2 Å². The molecule has 0 aromatic rings. The third kappa shape index (κ3) is 71.4. The van der Waals surface area contributed by atoms with E-state index in [1.807, 2.05) is 20.8 Å². The maximum atomic E-state index is 13.0. The highest BCUT2D eigenvalue weighted by molar-refractivity contribution is 5.90. The van der Waals surface area contributed by atoms with Gasteiger partial charge >= 0.3 is 0 Å². The first-order valence-electron chi connectivity index (χ1n) is 41.6. The zero-order valence-electron chi connectivity index (χ0n) is 66.5. The molecular formula is C83H152N8O14. The Hall–Kier alpha value is -5.26. The van der Waals surface area contributed by atoms with E-state index in [0.29, 0.717) is 160 Å². The van der Waals surface area contributed by atoms with Gasteiger partial charge in [-0.15, -0.1) is 0 Å². The summed E-state index contributed by atoms with van der Waals surface area (Å²) < 4.78 is 0. The third-order valence-corrected chi connectivity index (χ3v) is 19.4. The molecule has 22 heteroatoms. The predicted octanol–water partition coefficient (Wildman–Crippen LogP) is 13.1. The van der Waals surface area contributed by atoms with E-state index in [9.17, 15) is 67.1 Å². The van der Waals surface area contributed by atoms with Gasteiger partial charge < -0.3 is 45.0 Å². The second kappa shape index (κ2) is 76.9. The molecule has 105 heavy (non-hydrogen) atoms. The smallest absolute Gasteiger partial charge is 0.233 e. The lowest BCUT2D eigenvalue weighted by atomic mass is 9.88. The molecule has 0 radical (unpaired) electrons. The van der Waals surface area contributed by atoms with Crippen LogP contribution in [-0.4, -0.2) is 134 Å². The van der Waals surface area contributed by atoms with Crippen LogP contribution in [0.4, 0.5) is 0 Å². The van der Waals surface area contributed by atoms with Crippen molar-refractivity contribution in [3.8, 4) is 0 Å². The predicted molar refractivity (Wildman–Crippen MR) is 422 cm³/mol. The summed E-state index contributed by atoms with van der Waals surface area (Å²) in [6.45, 7) is 8.26. The molecule has 3 atom stereocenters. The Balaban J connectivity index is -0.00000152. The zero-order valence-corrected chi connectivity index (χ0v) is 66.5. The number of nitrogens with one attached hydrogen (secondary N) is 2. The van der Waals surface area contributed by atoms with Gasteiger partial charge in [0.1, 0.15) is 69.4 Å². The van der Waals surface area contributed by atoms with Crippen LogP contribution in [0.15, 0.2) is 0 Å². The fraction of sp³-hybridized carbons (Fsp3) is 0.831. The standard InChI is InChI=1S/C33H60N4O6.2C25H46N2O4/c1-2-28(38)17-8-5-6-11-20-31(41)27(24-29(39)18-9-3-4-10-19-30(40)25-34)16-13-15-23-36-32(42)21-12-7-14-22-37-33(43)26-35;2*1-2-22(28)14-7-5-6-10-17-25(31)21(13-11-12-18-26)19-23(29)15-8-3-4-9-16-24(30)20-27/h27H,2-26,34-35H2,1H3,(H,36,42)(H,37,43);2*21H,2-20,26-27H2,1H3. The van der Waals surface area contributed by atoms with Crippen LogP contribution in [0.1, 0.15) is 374 Å². The summed E-state index contributed by atoms with van der Waals surface area (Å²) in [5.74, 6) is 1.32. The normalized spacial score (nSPS) is 11.8.